The number of ketones is 1. The van der Waals surface area contributed by atoms with Crippen LogP contribution < -0.4 is 10.5 Å². The highest BCUT2D eigenvalue weighted by molar-refractivity contribution is 7.89. The van der Waals surface area contributed by atoms with Gasteiger partial charge >= 0.3 is 0 Å². The van der Waals surface area contributed by atoms with Crippen LogP contribution in [0.15, 0.2) is 23.1 Å². The van der Waals surface area contributed by atoms with Crippen molar-refractivity contribution in [3.05, 3.63) is 29.6 Å². The molecule has 0 spiro atoms. The minimum Gasteiger partial charge on any atom is -0.369 e. The van der Waals surface area contributed by atoms with Gasteiger partial charge < -0.3 is 5.73 Å². The molecule has 4 bridgehead atoms. The van der Waals surface area contributed by atoms with Crippen LogP contribution in [-0.4, -0.2) is 25.6 Å². The molecule has 2 unspecified atom stereocenters. The van der Waals surface area contributed by atoms with Crippen LogP contribution in [-0.2, 0) is 19.6 Å². The van der Waals surface area contributed by atoms with E-state index in [2.05, 4.69) is 4.72 Å². The van der Waals surface area contributed by atoms with Crippen molar-refractivity contribution in [2.75, 3.05) is 0 Å². The number of primary amides is 1. The molecule has 0 saturated heterocycles. The number of hydrogen-bond donors (Lipinski definition) is 2. The lowest BCUT2D eigenvalue weighted by atomic mass is 9.43. The number of nitrogens with one attached hydrogen (secondary N) is 1. The molecule has 6 nitrogen and oxygen atoms in total. The molecule has 0 heterocycles. The summed E-state index contributed by atoms with van der Waals surface area (Å²) in [5.74, 6) is -0.382. The van der Waals surface area contributed by atoms with Gasteiger partial charge in [0.25, 0.3) is 0 Å². The van der Waals surface area contributed by atoms with Crippen molar-refractivity contribution in [3.63, 3.8) is 0 Å². The lowest BCUT2D eigenvalue weighted by Crippen LogP contribution is -2.62. The molecule has 1 amide bonds. The number of benzene rings is 1. The van der Waals surface area contributed by atoms with Crippen LogP contribution in [0.3, 0.4) is 0 Å². The highest BCUT2D eigenvalue weighted by atomic mass is 32.2. The Morgan fingerprint density at radius 1 is 1.16 bits per heavy atom. The molecular weight excluding hydrogens is 431 g/mol. The molecule has 0 aromatic heterocycles. The minimum atomic E-state index is -4.19. The van der Waals surface area contributed by atoms with Crippen LogP contribution >= 0.6 is 0 Å². The fraction of sp³-hybridized carbons (Fsp3) is 0.667. The van der Waals surface area contributed by atoms with Gasteiger partial charge in [-0.05, 0) is 99.7 Å². The van der Waals surface area contributed by atoms with Crippen LogP contribution in [0.2, 0.25) is 0 Å². The summed E-state index contributed by atoms with van der Waals surface area (Å²) in [4.78, 5) is 25.6. The monoisotopic (exact) mass is 462 g/mol. The normalized spacial score (nSPS) is 34.8. The summed E-state index contributed by atoms with van der Waals surface area (Å²) < 4.78 is 43.0. The number of halogens is 1. The van der Waals surface area contributed by atoms with E-state index in [9.17, 15) is 22.4 Å². The fourth-order valence-corrected chi connectivity index (χ4v) is 9.16. The fourth-order valence-electron chi connectivity index (χ4n) is 7.55. The molecule has 5 aliphatic carbocycles. The first-order valence-corrected chi connectivity index (χ1v) is 13.1. The molecule has 0 aliphatic heterocycles. The molecule has 3 N–H and O–H groups in total. The Hall–Kier alpha value is -1.80. The predicted molar refractivity (Wildman–Crippen MR) is 116 cm³/mol. The predicted octanol–water partition coefficient (Wildman–Crippen LogP) is 3.37. The molecule has 1 aromatic carbocycles. The molecular formula is C24H31FN2O4S. The van der Waals surface area contributed by atoms with Crippen molar-refractivity contribution in [2.24, 2.45) is 28.4 Å². The lowest BCUT2D eigenvalue weighted by Gasteiger charge is -2.61. The van der Waals surface area contributed by atoms with Crippen LogP contribution in [0.5, 0.6) is 0 Å². The van der Waals surface area contributed by atoms with Gasteiger partial charge in [0.1, 0.15) is 10.7 Å². The number of nitrogens with two attached hydrogens (primary N) is 1. The van der Waals surface area contributed by atoms with E-state index in [1.807, 2.05) is 0 Å². The van der Waals surface area contributed by atoms with E-state index in [-0.39, 0.29) is 23.5 Å². The number of Topliss-reactive ketones (excluding diaryl/α,β-unsaturated/α-hetero) is 1. The first-order chi connectivity index (χ1) is 15.0. The lowest BCUT2D eigenvalue weighted by molar-refractivity contribution is -0.159. The second kappa shape index (κ2) is 7.10. The zero-order valence-electron chi connectivity index (χ0n) is 18.5. The van der Waals surface area contributed by atoms with Gasteiger partial charge in [-0.2, -0.15) is 4.72 Å². The van der Waals surface area contributed by atoms with E-state index < -0.39 is 31.7 Å². The Morgan fingerprint density at radius 3 is 2.38 bits per heavy atom. The van der Waals surface area contributed by atoms with E-state index in [0.717, 1.165) is 44.6 Å². The molecule has 174 valence electrons. The number of hydrogen-bond acceptors (Lipinski definition) is 4. The molecule has 6 rings (SSSR count). The summed E-state index contributed by atoms with van der Waals surface area (Å²) >= 11 is 0. The summed E-state index contributed by atoms with van der Waals surface area (Å²) in [6, 6.07) is 3.95. The maximum atomic E-state index is 14.3. The first-order valence-electron chi connectivity index (χ1n) is 11.6. The van der Waals surface area contributed by atoms with Gasteiger partial charge in [-0.15, -0.1) is 0 Å². The van der Waals surface area contributed by atoms with Crippen LogP contribution in [0.25, 0.3) is 0 Å². The van der Waals surface area contributed by atoms with E-state index >= 15 is 0 Å². The standard InChI is InChI=1S/C24H31FN2O4S/c1-15-3-4-18(25)19(7-15)32(30,31)27-24(5-2-6-24)20(28)13-22-9-16-8-17(10-22)12-23(11-16,14-22)21(26)29/h3-4,7,16-17,27H,2,5-6,8-14H2,1H3,(H2,26,29). The smallest absolute Gasteiger partial charge is 0.244 e. The van der Waals surface area contributed by atoms with Gasteiger partial charge in [-0.1, -0.05) is 6.07 Å². The maximum Gasteiger partial charge on any atom is 0.244 e. The Labute approximate surface area is 188 Å². The number of amides is 1. The third-order valence-electron chi connectivity index (χ3n) is 8.69. The molecule has 2 atom stereocenters. The number of aryl methyl sites for hydroxylation is 1. The average molecular weight is 463 g/mol. The SMILES string of the molecule is Cc1ccc(F)c(S(=O)(=O)NC2(C(=O)CC34CC5CC(C3)CC(C(N)=O)(C5)C4)CCC2)c1. The van der Waals surface area contributed by atoms with Gasteiger partial charge in [0, 0.05) is 6.42 Å². The molecule has 32 heavy (non-hydrogen) atoms. The minimum absolute atomic E-state index is 0.123. The van der Waals surface area contributed by atoms with Crippen LogP contribution in [0.4, 0.5) is 4.39 Å². The van der Waals surface area contributed by atoms with Gasteiger partial charge in [0.05, 0.1) is 11.0 Å². The van der Waals surface area contributed by atoms with Crippen molar-refractivity contribution < 1.29 is 22.4 Å². The van der Waals surface area contributed by atoms with Crippen molar-refractivity contribution in [1.29, 1.82) is 0 Å². The second-order valence-electron chi connectivity index (χ2n) is 11.2. The Bertz CT molecular complexity index is 1080. The Balaban J connectivity index is 1.40. The van der Waals surface area contributed by atoms with E-state index in [1.54, 1.807) is 6.92 Å². The van der Waals surface area contributed by atoms with Crippen LogP contribution in [0.1, 0.15) is 69.8 Å². The molecule has 5 saturated carbocycles. The summed E-state index contributed by atoms with van der Waals surface area (Å²) in [6.07, 6.45) is 7.00. The number of sulfonamides is 1. The van der Waals surface area contributed by atoms with Crippen LogP contribution in [0, 0.1) is 35.4 Å². The molecule has 8 heteroatoms. The largest absolute Gasteiger partial charge is 0.369 e. The molecule has 5 fully saturated rings. The van der Waals surface area contributed by atoms with Crippen molar-refractivity contribution in [3.8, 4) is 0 Å². The molecule has 5 aliphatic rings. The zero-order valence-corrected chi connectivity index (χ0v) is 19.3. The van der Waals surface area contributed by atoms with E-state index in [0.29, 0.717) is 36.7 Å². The first kappa shape index (κ1) is 22.0. The summed E-state index contributed by atoms with van der Waals surface area (Å²) in [5.41, 5.74) is 4.48. The highest BCUT2D eigenvalue weighted by Gasteiger charge is 2.61. The van der Waals surface area contributed by atoms with E-state index in [1.165, 1.54) is 12.1 Å². The number of carbonyl (C=O) groups is 2. The van der Waals surface area contributed by atoms with Gasteiger partial charge in [-0.3, -0.25) is 9.59 Å². The third kappa shape index (κ3) is 3.41. The third-order valence-corrected chi connectivity index (χ3v) is 10.2. The average Bonchev–Trinajstić information content (AvgIpc) is 2.65. The van der Waals surface area contributed by atoms with Gasteiger partial charge in [0.15, 0.2) is 5.78 Å². The Morgan fingerprint density at radius 2 is 1.81 bits per heavy atom. The van der Waals surface area contributed by atoms with Crippen molar-refractivity contribution in [1.82, 2.24) is 4.72 Å². The summed E-state index contributed by atoms with van der Waals surface area (Å²) in [5, 5.41) is 0. The quantitative estimate of drug-likeness (QED) is 0.648. The second-order valence-corrected chi connectivity index (χ2v) is 12.8. The van der Waals surface area contributed by atoms with Gasteiger partial charge in [-0.25, -0.2) is 12.8 Å². The summed E-state index contributed by atoms with van der Waals surface area (Å²) in [7, 11) is -4.19. The number of carbonyl (C=O) groups excluding carboxylic acids is 2. The highest BCUT2D eigenvalue weighted by Crippen LogP contribution is 2.66. The van der Waals surface area contributed by atoms with Crippen molar-refractivity contribution >= 4 is 21.7 Å². The zero-order chi connectivity index (χ0) is 22.9. The van der Waals surface area contributed by atoms with E-state index in [4.69, 9.17) is 5.73 Å². The van der Waals surface area contributed by atoms with Crippen molar-refractivity contribution in [2.45, 2.75) is 81.6 Å². The summed E-state index contributed by atoms with van der Waals surface area (Å²) in [6.45, 7) is 1.70. The topological polar surface area (TPSA) is 106 Å². The molecule has 0 radical (unpaired) electrons. The Kier molecular flexibility index (Phi) is 4.88. The van der Waals surface area contributed by atoms with Gasteiger partial charge in [0.2, 0.25) is 15.9 Å². The number of rotatable bonds is 7. The molecule has 1 aromatic rings. The maximum absolute atomic E-state index is 14.3.